The molecular formula is C19H27ClN2O. The Kier molecular flexibility index (Phi) is 7.04. The van der Waals surface area contributed by atoms with Gasteiger partial charge >= 0.3 is 0 Å². The molecule has 0 aliphatic heterocycles. The van der Waals surface area contributed by atoms with Gasteiger partial charge in [0.05, 0.1) is 5.54 Å². The number of halogens is 1. The van der Waals surface area contributed by atoms with Crippen molar-refractivity contribution >= 4 is 29.1 Å². The Morgan fingerprint density at radius 3 is 2.43 bits per heavy atom. The fourth-order valence-corrected chi connectivity index (χ4v) is 2.46. The zero-order valence-corrected chi connectivity index (χ0v) is 15.0. The summed E-state index contributed by atoms with van der Waals surface area (Å²) in [6.45, 7) is 6.62. The smallest absolute Gasteiger partial charge is 0.220 e. The van der Waals surface area contributed by atoms with Gasteiger partial charge in [-0.15, -0.1) is 12.4 Å². The molecule has 4 heteroatoms. The molecule has 0 heterocycles. The molecule has 0 aliphatic carbocycles. The van der Waals surface area contributed by atoms with Crippen LogP contribution >= 0.6 is 12.4 Å². The third-order valence-electron chi connectivity index (χ3n) is 4.58. The monoisotopic (exact) mass is 334 g/mol. The number of benzene rings is 2. The average Bonchev–Trinajstić information content (AvgIpc) is 2.52. The predicted octanol–water partition coefficient (Wildman–Crippen LogP) is 3.68. The first-order valence-corrected chi connectivity index (χ1v) is 7.93. The average molecular weight is 335 g/mol. The second kappa shape index (κ2) is 8.32. The van der Waals surface area contributed by atoms with E-state index in [-0.39, 0.29) is 23.9 Å². The Morgan fingerprint density at radius 2 is 1.83 bits per heavy atom. The van der Waals surface area contributed by atoms with E-state index in [4.69, 9.17) is 5.73 Å². The van der Waals surface area contributed by atoms with Crippen molar-refractivity contribution in [2.24, 2.45) is 11.7 Å². The first-order chi connectivity index (χ1) is 10.4. The molecule has 2 rings (SSSR count). The van der Waals surface area contributed by atoms with Crippen LogP contribution in [0.5, 0.6) is 0 Å². The number of nitrogens with one attached hydrogen (secondary N) is 1. The van der Waals surface area contributed by atoms with Gasteiger partial charge in [0, 0.05) is 13.0 Å². The standard InChI is InChI=1S/C19H26N2O.ClH/c1-14(2)19(3,13-20)21-18(22)11-9-15-8-10-16-6-4-5-7-17(16)12-15;/h4-8,10,12,14H,9,11,13,20H2,1-3H3,(H,21,22);1H. The van der Waals surface area contributed by atoms with Gasteiger partial charge in [-0.3, -0.25) is 4.79 Å². The summed E-state index contributed by atoms with van der Waals surface area (Å²) >= 11 is 0. The van der Waals surface area contributed by atoms with Gasteiger partial charge < -0.3 is 11.1 Å². The number of hydrogen-bond acceptors (Lipinski definition) is 2. The van der Waals surface area contributed by atoms with Crippen molar-refractivity contribution in [2.75, 3.05) is 6.54 Å². The number of carbonyl (C=O) groups is 1. The second-order valence-electron chi connectivity index (χ2n) is 6.51. The zero-order valence-electron chi connectivity index (χ0n) is 14.1. The van der Waals surface area contributed by atoms with E-state index in [1.54, 1.807) is 0 Å². The maximum absolute atomic E-state index is 12.2. The van der Waals surface area contributed by atoms with Crippen LogP contribution in [0.15, 0.2) is 42.5 Å². The number of nitrogens with two attached hydrogens (primary N) is 1. The zero-order chi connectivity index (χ0) is 16.2. The molecule has 23 heavy (non-hydrogen) atoms. The molecule has 0 aromatic heterocycles. The molecule has 0 spiro atoms. The molecule has 1 amide bonds. The first kappa shape index (κ1) is 19.5. The van der Waals surface area contributed by atoms with Crippen molar-refractivity contribution in [1.29, 1.82) is 0 Å². The molecule has 3 N–H and O–H groups in total. The lowest BCUT2D eigenvalue weighted by atomic mass is 9.88. The van der Waals surface area contributed by atoms with Gasteiger partial charge in [-0.1, -0.05) is 56.3 Å². The molecule has 1 atom stereocenters. The third kappa shape index (κ3) is 4.95. The van der Waals surface area contributed by atoms with Crippen molar-refractivity contribution in [1.82, 2.24) is 5.32 Å². The third-order valence-corrected chi connectivity index (χ3v) is 4.58. The SMILES string of the molecule is CC(C)C(C)(CN)NC(=O)CCc1ccc2ccccc2c1.Cl. The fraction of sp³-hybridized carbons (Fsp3) is 0.421. The van der Waals surface area contributed by atoms with E-state index in [1.807, 2.05) is 19.1 Å². The van der Waals surface area contributed by atoms with Crippen molar-refractivity contribution in [3.63, 3.8) is 0 Å². The lowest BCUT2D eigenvalue weighted by Crippen LogP contribution is -2.55. The Bertz CT molecular complexity index is 657. The molecule has 1 unspecified atom stereocenters. The summed E-state index contributed by atoms with van der Waals surface area (Å²) in [6, 6.07) is 14.6. The number of aryl methyl sites for hydroxylation is 1. The molecule has 3 nitrogen and oxygen atoms in total. The first-order valence-electron chi connectivity index (χ1n) is 7.93. The maximum atomic E-state index is 12.2. The minimum atomic E-state index is -0.333. The van der Waals surface area contributed by atoms with E-state index in [1.165, 1.54) is 16.3 Å². The van der Waals surface area contributed by atoms with Crippen LogP contribution in [0.3, 0.4) is 0 Å². The van der Waals surface area contributed by atoms with Crippen molar-refractivity contribution in [3.8, 4) is 0 Å². The number of carbonyl (C=O) groups excluding carboxylic acids is 1. The summed E-state index contributed by atoms with van der Waals surface area (Å²) in [4.78, 5) is 12.2. The number of fused-ring (bicyclic) bond motifs is 1. The Hall–Kier alpha value is -1.58. The summed E-state index contributed by atoms with van der Waals surface area (Å²) in [5.74, 6) is 0.372. The summed E-state index contributed by atoms with van der Waals surface area (Å²) in [5, 5.41) is 5.53. The normalized spacial score (nSPS) is 13.4. The van der Waals surface area contributed by atoms with Crippen LogP contribution in [-0.4, -0.2) is 18.0 Å². The largest absolute Gasteiger partial charge is 0.349 e. The van der Waals surface area contributed by atoms with Crippen molar-refractivity contribution in [3.05, 3.63) is 48.0 Å². The van der Waals surface area contributed by atoms with Crippen LogP contribution in [0.25, 0.3) is 10.8 Å². The van der Waals surface area contributed by atoms with Crippen LogP contribution in [0, 0.1) is 5.92 Å². The van der Waals surface area contributed by atoms with Gasteiger partial charge in [-0.05, 0) is 35.6 Å². The van der Waals surface area contributed by atoms with E-state index < -0.39 is 0 Å². The molecule has 0 aliphatic rings. The van der Waals surface area contributed by atoms with Gasteiger partial charge in [0.2, 0.25) is 5.91 Å². The highest BCUT2D eigenvalue weighted by Crippen LogP contribution is 2.18. The molecular weight excluding hydrogens is 308 g/mol. The van der Waals surface area contributed by atoms with Crippen molar-refractivity contribution in [2.45, 2.75) is 39.2 Å². The molecule has 2 aromatic carbocycles. The lowest BCUT2D eigenvalue weighted by Gasteiger charge is -2.33. The number of amides is 1. The summed E-state index contributed by atoms with van der Waals surface area (Å²) < 4.78 is 0. The Balaban J connectivity index is 0.00000264. The molecule has 0 fully saturated rings. The second-order valence-corrected chi connectivity index (χ2v) is 6.51. The minimum absolute atomic E-state index is 0. The van der Waals surface area contributed by atoms with Gasteiger partial charge in [0.1, 0.15) is 0 Å². The predicted molar refractivity (Wildman–Crippen MR) is 100.0 cm³/mol. The highest BCUT2D eigenvalue weighted by Gasteiger charge is 2.28. The summed E-state index contributed by atoms with van der Waals surface area (Å²) in [7, 11) is 0. The van der Waals surface area contributed by atoms with Crippen LogP contribution in [0.1, 0.15) is 32.8 Å². The Morgan fingerprint density at radius 1 is 1.17 bits per heavy atom. The topological polar surface area (TPSA) is 55.1 Å². The lowest BCUT2D eigenvalue weighted by molar-refractivity contribution is -0.123. The molecule has 126 valence electrons. The van der Waals surface area contributed by atoms with Crippen molar-refractivity contribution < 1.29 is 4.79 Å². The quantitative estimate of drug-likeness (QED) is 0.846. The van der Waals surface area contributed by atoms with Gasteiger partial charge in [0.25, 0.3) is 0 Å². The van der Waals surface area contributed by atoms with Crippen LogP contribution in [0.4, 0.5) is 0 Å². The molecule has 0 saturated heterocycles. The van der Waals surface area contributed by atoms with Gasteiger partial charge in [-0.25, -0.2) is 0 Å². The van der Waals surface area contributed by atoms with E-state index in [0.29, 0.717) is 18.9 Å². The summed E-state index contributed by atoms with van der Waals surface area (Å²) in [5.41, 5.74) is 6.67. The van der Waals surface area contributed by atoms with E-state index in [9.17, 15) is 4.79 Å². The molecule has 0 radical (unpaired) electrons. The van der Waals surface area contributed by atoms with Crippen LogP contribution in [-0.2, 0) is 11.2 Å². The summed E-state index contributed by atoms with van der Waals surface area (Å²) in [6.07, 6.45) is 1.23. The highest BCUT2D eigenvalue weighted by molar-refractivity contribution is 5.85. The number of hydrogen-bond donors (Lipinski definition) is 2. The van der Waals surface area contributed by atoms with Gasteiger partial charge in [-0.2, -0.15) is 0 Å². The Labute approximate surface area is 145 Å². The fourth-order valence-electron chi connectivity index (χ4n) is 2.46. The van der Waals surface area contributed by atoms with E-state index in [0.717, 1.165) is 6.42 Å². The highest BCUT2D eigenvalue weighted by atomic mass is 35.5. The van der Waals surface area contributed by atoms with Gasteiger partial charge in [0.15, 0.2) is 0 Å². The van der Waals surface area contributed by atoms with Crippen LogP contribution in [0.2, 0.25) is 0 Å². The maximum Gasteiger partial charge on any atom is 0.220 e. The van der Waals surface area contributed by atoms with Crippen LogP contribution < -0.4 is 11.1 Å². The molecule has 0 bridgehead atoms. The number of rotatable bonds is 6. The molecule has 0 saturated carbocycles. The molecule has 2 aromatic rings. The van der Waals surface area contributed by atoms with E-state index in [2.05, 4.69) is 49.5 Å². The minimum Gasteiger partial charge on any atom is -0.349 e. The van der Waals surface area contributed by atoms with E-state index >= 15 is 0 Å².